The van der Waals surface area contributed by atoms with Crippen LogP contribution in [0.4, 0.5) is 11.5 Å². The lowest BCUT2D eigenvalue weighted by atomic mass is 10.0. The first-order valence-corrected chi connectivity index (χ1v) is 10.9. The summed E-state index contributed by atoms with van der Waals surface area (Å²) in [6, 6.07) is 12.9. The second kappa shape index (κ2) is 12.9. The van der Waals surface area contributed by atoms with Crippen molar-refractivity contribution >= 4 is 17.5 Å². The van der Waals surface area contributed by atoms with Gasteiger partial charge in [0.2, 0.25) is 0 Å². The number of hydrogen-bond acceptors (Lipinski definition) is 4. The molecule has 0 spiro atoms. The fourth-order valence-corrected chi connectivity index (χ4v) is 3.55. The van der Waals surface area contributed by atoms with E-state index in [1.807, 2.05) is 42.5 Å². The zero-order valence-corrected chi connectivity index (χ0v) is 17.6. The predicted octanol–water partition coefficient (Wildman–Crippen LogP) is 5.31. The molecule has 2 rings (SSSR count). The lowest BCUT2D eigenvalue weighted by Gasteiger charge is -2.27. The van der Waals surface area contributed by atoms with E-state index in [1.54, 1.807) is 6.20 Å². The third kappa shape index (κ3) is 7.86. The Labute approximate surface area is 175 Å². The smallest absolute Gasteiger partial charge is 0.320 e. The van der Waals surface area contributed by atoms with E-state index in [0.29, 0.717) is 6.42 Å². The van der Waals surface area contributed by atoms with Gasteiger partial charge in [0.15, 0.2) is 0 Å². The number of anilines is 2. The van der Waals surface area contributed by atoms with Crippen LogP contribution in [0.5, 0.6) is 0 Å². The number of benzene rings is 1. The first-order valence-electron chi connectivity index (χ1n) is 10.9. The van der Waals surface area contributed by atoms with E-state index >= 15 is 0 Å². The normalized spacial score (nSPS) is 11.9. The highest BCUT2D eigenvalue weighted by atomic mass is 16.4. The van der Waals surface area contributed by atoms with E-state index in [2.05, 4.69) is 16.8 Å². The maximum atomic E-state index is 11.2. The van der Waals surface area contributed by atoms with Crippen molar-refractivity contribution < 1.29 is 9.90 Å². The number of aliphatic carboxylic acids is 1. The van der Waals surface area contributed by atoms with Crippen molar-refractivity contribution in [3.8, 4) is 0 Å². The zero-order chi connectivity index (χ0) is 20.9. The van der Waals surface area contributed by atoms with Gasteiger partial charge in [-0.15, -0.1) is 0 Å². The Morgan fingerprint density at radius 1 is 1.00 bits per heavy atom. The van der Waals surface area contributed by atoms with Crippen molar-refractivity contribution in [1.29, 1.82) is 0 Å². The van der Waals surface area contributed by atoms with Crippen LogP contribution in [0.1, 0.15) is 63.9 Å². The summed E-state index contributed by atoms with van der Waals surface area (Å²) in [7, 11) is 0. The number of unbranched alkanes of at least 4 members (excludes halogenated alkanes) is 7. The van der Waals surface area contributed by atoms with E-state index in [0.717, 1.165) is 30.0 Å². The molecule has 0 saturated carbocycles. The summed E-state index contributed by atoms with van der Waals surface area (Å²) < 4.78 is 0. The Hall–Kier alpha value is -2.40. The molecule has 0 aliphatic carbocycles. The molecule has 1 aromatic heterocycles. The van der Waals surface area contributed by atoms with Gasteiger partial charge in [0.05, 0.1) is 0 Å². The van der Waals surface area contributed by atoms with E-state index in [4.69, 9.17) is 5.73 Å². The first-order chi connectivity index (χ1) is 14.1. The standard InChI is InChI=1S/C24H35N3O2/c1-2-3-4-5-6-7-8-13-18-27(23-16-11-12-17-26-23)22-15-10-9-14-20(22)19-21(25)24(28)29/h9-12,14-17,21H,2-8,13,18-19,25H2,1H3,(H,28,29)/t21-/m0/s1. The highest BCUT2D eigenvalue weighted by Crippen LogP contribution is 2.28. The molecule has 5 heteroatoms. The molecule has 29 heavy (non-hydrogen) atoms. The second-order valence-corrected chi connectivity index (χ2v) is 7.59. The quantitative estimate of drug-likeness (QED) is 0.422. The van der Waals surface area contributed by atoms with Crippen molar-refractivity contribution in [2.24, 2.45) is 5.73 Å². The molecule has 1 atom stereocenters. The minimum atomic E-state index is -0.979. The Bertz CT molecular complexity index is 721. The summed E-state index contributed by atoms with van der Waals surface area (Å²) in [5.41, 5.74) is 7.74. The number of pyridine rings is 1. The number of nitrogens with two attached hydrogens (primary N) is 1. The molecule has 158 valence electrons. The summed E-state index contributed by atoms with van der Waals surface area (Å²) >= 11 is 0. The number of carbonyl (C=O) groups is 1. The molecular formula is C24H35N3O2. The highest BCUT2D eigenvalue weighted by molar-refractivity contribution is 5.74. The Balaban J connectivity index is 2.05. The third-order valence-corrected chi connectivity index (χ3v) is 5.20. The van der Waals surface area contributed by atoms with Crippen LogP contribution in [0.15, 0.2) is 48.7 Å². The van der Waals surface area contributed by atoms with Gasteiger partial charge in [-0.05, 0) is 30.2 Å². The van der Waals surface area contributed by atoms with Crippen LogP contribution in [-0.4, -0.2) is 28.6 Å². The zero-order valence-electron chi connectivity index (χ0n) is 17.6. The molecule has 0 bridgehead atoms. The third-order valence-electron chi connectivity index (χ3n) is 5.20. The Morgan fingerprint density at radius 2 is 1.66 bits per heavy atom. The van der Waals surface area contributed by atoms with Gasteiger partial charge in [0, 0.05) is 24.8 Å². The molecule has 0 amide bonds. The summed E-state index contributed by atoms with van der Waals surface area (Å²) in [4.78, 5) is 18.0. The van der Waals surface area contributed by atoms with Gasteiger partial charge in [0.1, 0.15) is 11.9 Å². The molecule has 3 N–H and O–H groups in total. The largest absolute Gasteiger partial charge is 0.480 e. The van der Waals surface area contributed by atoms with Gasteiger partial charge >= 0.3 is 5.97 Å². The summed E-state index contributed by atoms with van der Waals surface area (Å²) in [5, 5.41) is 9.22. The molecule has 0 saturated heterocycles. The van der Waals surface area contributed by atoms with E-state index in [1.165, 1.54) is 44.9 Å². The molecule has 2 aromatic rings. The average molecular weight is 398 g/mol. The number of carboxylic acids is 1. The fourth-order valence-electron chi connectivity index (χ4n) is 3.55. The van der Waals surface area contributed by atoms with E-state index in [-0.39, 0.29) is 0 Å². The minimum Gasteiger partial charge on any atom is -0.480 e. The number of carboxylic acid groups (broad SMARTS) is 1. The molecule has 5 nitrogen and oxygen atoms in total. The number of hydrogen-bond donors (Lipinski definition) is 2. The van der Waals surface area contributed by atoms with E-state index < -0.39 is 12.0 Å². The van der Waals surface area contributed by atoms with Gasteiger partial charge in [-0.1, -0.05) is 76.1 Å². The topological polar surface area (TPSA) is 79.5 Å². The van der Waals surface area contributed by atoms with Crippen molar-refractivity contribution in [1.82, 2.24) is 4.98 Å². The van der Waals surface area contributed by atoms with Gasteiger partial charge in [-0.2, -0.15) is 0 Å². The minimum absolute atomic E-state index is 0.298. The van der Waals surface area contributed by atoms with Crippen molar-refractivity contribution in [2.75, 3.05) is 11.4 Å². The monoisotopic (exact) mass is 397 g/mol. The summed E-state index contributed by atoms with van der Waals surface area (Å²) in [6.07, 6.45) is 12.2. The van der Waals surface area contributed by atoms with Crippen molar-refractivity contribution in [3.05, 3.63) is 54.2 Å². The van der Waals surface area contributed by atoms with Crippen LogP contribution in [-0.2, 0) is 11.2 Å². The van der Waals surface area contributed by atoms with Gasteiger partial charge in [-0.25, -0.2) is 4.98 Å². The summed E-state index contributed by atoms with van der Waals surface area (Å²) in [6.45, 7) is 3.10. The fraction of sp³-hybridized carbons (Fsp3) is 0.500. The highest BCUT2D eigenvalue weighted by Gasteiger charge is 2.18. The number of para-hydroxylation sites is 1. The lowest BCUT2D eigenvalue weighted by molar-refractivity contribution is -0.138. The Kier molecular flexibility index (Phi) is 10.2. The maximum Gasteiger partial charge on any atom is 0.320 e. The number of rotatable bonds is 14. The Morgan fingerprint density at radius 3 is 2.31 bits per heavy atom. The number of nitrogens with zero attached hydrogens (tertiary/aromatic N) is 2. The average Bonchev–Trinajstić information content (AvgIpc) is 2.74. The van der Waals surface area contributed by atoms with Gasteiger partial charge in [-0.3, -0.25) is 4.79 Å². The molecular weight excluding hydrogens is 362 g/mol. The molecule has 1 aromatic carbocycles. The van der Waals surface area contributed by atoms with Crippen LogP contribution in [0, 0.1) is 0 Å². The molecule has 0 unspecified atom stereocenters. The molecule has 0 fully saturated rings. The first kappa shape index (κ1) is 22.9. The van der Waals surface area contributed by atoms with E-state index in [9.17, 15) is 9.90 Å². The van der Waals surface area contributed by atoms with Crippen LogP contribution < -0.4 is 10.6 Å². The molecule has 0 aliphatic rings. The van der Waals surface area contributed by atoms with Crippen LogP contribution >= 0.6 is 0 Å². The van der Waals surface area contributed by atoms with Crippen LogP contribution in [0.2, 0.25) is 0 Å². The molecule has 1 heterocycles. The van der Waals surface area contributed by atoms with Crippen molar-refractivity contribution in [2.45, 2.75) is 70.8 Å². The van der Waals surface area contributed by atoms with Crippen LogP contribution in [0.25, 0.3) is 0 Å². The van der Waals surface area contributed by atoms with Gasteiger partial charge < -0.3 is 15.7 Å². The molecule has 0 aliphatic heterocycles. The maximum absolute atomic E-state index is 11.2. The number of aromatic nitrogens is 1. The summed E-state index contributed by atoms with van der Waals surface area (Å²) in [5.74, 6) is -0.0981. The second-order valence-electron chi connectivity index (χ2n) is 7.59. The lowest BCUT2D eigenvalue weighted by Crippen LogP contribution is -2.33. The van der Waals surface area contributed by atoms with Gasteiger partial charge in [0.25, 0.3) is 0 Å². The van der Waals surface area contributed by atoms with Crippen LogP contribution in [0.3, 0.4) is 0 Å². The predicted molar refractivity (Wildman–Crippen MR) is 120 cm³/mol. The SMILES string of the molecule is CCCCCCCCCCN(c1ccccn1)c1ccccc1C[C@H](N)C(=O)O. The van der Waals surface area contributed by atoms with Crippen molar-refractivity contribution in [3.63, 3.8) is 0 Å². The molecule has 0 radical (unpaired) electrons.